The number of aromatic nitrogens is 2. The first kappa shape index (κ1) is 19.1. The Morgan fingerprint density at radius 3 is 2.62 bits per heavy atom. The highest BCUT2D eigenvalue weighted by Crippen LogP contribution is 2.33. The zero-order valence-electron chi connectivity index (χ0n) is 14.7. The number of hydrogen-bond donors (Lipinski definition) is 0. The summed E-state index contributed by atoms with van der Waals surface area (Å²) in [6, 6.07) is 8.92. The van der Waals surface area contributed by atoms with Gasteiger partial charge in [0.2, 0.25) is 0 Å². The van der Waals surface area contributed by atoms with E-state index in [1.807, 2.05) is 0 Å². The van der Waals surface area contributed by atoms with Crippen LogP contribution in [0.1, 0.15) is 23.4 Å². The maximum absolute atomic E-state index is 13.0. The average molecular weight is 408 g/mol. The highest BCUT2D eigenvalue weighted by Gasteiger charge is 2.31. The van der Waals surface area contributed by atoms with Gasteiger partial charge >= 0.3 is 12.8 Å². The zero-order valence-corrected chi connectivity index (χ0v) is 14.7. The number of alkyl halides is 5. The molecule has 0 amide bonds. The van der Waals surface area contributed by atoms with Crippen molar-refractivity contribution in [2.45, 2.75) is 25.8 Å². The molecule has 1 aliphatic heterocycles. The van der Waals surface area contributed by atoms with E-state index in [0.29, 0.717) is 24.1 Å². The van der Waals surface area contributed by atoms with Gasteiger partial charge in [0.15, 0.2) is 0 Å². The lowest BCUT2D eigenvalue weighted by Crippen LogP contribution is -2.21. The van der Waals surface area contributed by atoms with Gasteiger partial charge in [0.25, 0.3) is 5.56 Å². The first-order valence-electron chi connectivity index (χ1n) is 8.60. The molecule has 0 saturated carbocycles. The molecule has 0 N–H and O–H groups in total. The lowest BCUT2D eigenvalue weighted by atomic mass is 10.1. The summed E-state index contributed by atoms with van der Waals surface area (Å²) in [4.78, 5) is 16.9. The Morgan fingerprint density at radius 2 is 1.90 bits per heavy atom. The van der Waals surface area contributed by atoms with Crippen LogP contribution in [-0.4, -0.2) is 16.2 Å². The summed E-state index contributed by atoms with van der Waals surface area (Å²) in [5, 5.41) is 0.0874. The molecule has 9 heteroatoms. The molecular weight excluding hydrogens is 395 g/mol. The normalized spacial score (nSPS) is 15.3. The summed E-state index contributed by atoms with van der Waals surface area (Å²) in [7, 11) is 0. The number of nitrogens with zero attached hydrogens (tertiary/aromatic N) is 2. The second-order valence-electron chi connectivity index (χ2n) is 6.46. The third-order valence-corrected chi connectivity index (χ3v) is 4.64. The summed E-state index contributed by atoms with van der Waals surface area (Å²) in [6.45, 7) is -2.71. The van der Waals surface area contributed by atoms with Crippen LogP contribution < -0.4 is 10.3 Å². The van der Waals surface area contributed by atoms with Crippen molar-refractivity contribution in [3.8, 4) is 5.75 Å². The Labute approximate surface area is 160 Å². The van der Waals surface area contributed by atoms with Gasteiger partial charge in [0.05, 0.1) is 16.5 Å². The second kappa shape index (κ2) is 6.98. The molecule has 1 aromatic heterocycles. The highest BCUT2D eigenvalue weighted by molar-refractivity contribution is 5.86. The van der Waals surface area contributed by atoms with Crippen LogP contribution in [0.3, 0.4) is 0 Å². The van der Waals surface area contributed by atoms with Gasteiger partial charge in [0, 0.05) is 12.1 Å². The molecule has 29 heavy (non-hydrogen) atoms. The lowest BCUT2D eigenvalue weighted by molar-refractivity contribution is -0.137. The first-order chi connectivity index (χ1) is 13.7. The van der Waals surface area contributed by atoms with Gasteiger partial charge in [-0.1, -0.05) is 18.2 Å². The molecule has 1 aliphatic rings. The van der Waals surface area contributed by atoms with Crippen molar-refractivity contribution in [1.29, 1.82) is 0 Å². The van der Waals surface area contributed by atoms with Crippen LogP contribution in [0.2, 0.25) is 0 Å². The quantitative estimate of drug-likeness (QED) is 0.576. The van der Waals surface area contributed by atoms with Crippen LogP contribution >= 0.6 is 0 Å². The predicted molar refractivity (Wildman–Crippen MR) is 96.6 cm³/mol. The first-order valence-corrected chi connectivity index (χ1v) is 8.60. The topological polar surface area (TPSA) is 44.1 Å². The Bertz CT molecular complexity index is 1180. The molecule has 0 unspecified atom stereocenters. The summed E-state index contributed by atoms with van der Waals surface area (Å²) in [5.74, 6) is 0.171. The average Bonchev–Trinajstić information content (AvgIpc) is 3.05. The lowest BCUT2D eigenvalue weighted by Gasteiger charge is -2.10. The van der Waals surface area contributed by atoms with Crippen LogP contribution in [0.15, 0.2) is 47.3 Å². The largest absolute Gasteiger partial charge is 0.434 e. The number of hydrogen-bond acceptors (Lipinski definition) is 3. The SMILES string of the molecule is O=c1c2ccc(C(F)(F)F)cc2nc2n1CC/C2=C\c1ccccc1OC(F)F. The summed E-state index contributed by atoms with van der Waals surface area (Å²) >= 11 is 0. The van der Waals surface area contributed by atoms with E-state index in [-0.39, 0.29) is 22.5 Å². The number of rotatable bonds is 3. The number of ether oxygens (including phenoxy) is 1. The maximum atomic E-state index is 13.0. The summed E-state index contributed by atoms with van der Waals surface area (Å²) in [6.07, 6.45) is -2.62. The molecule has 4 rings (SSSR count). The molecule has 2 heterocycles. The number of halogens is 5. The second-order valence-corrected chi connectivity index (χ2v) is 6.46. The third-order valence-electron chi connectivity index (χ3n) is 4.64. The number of benzene rings is 2. The Hall–Kier alpha value is -3.23. The van der Waals surface area contributed by atoms with Gasteiger partial charge in [-0.2, -0.15) is 22.0 Å². The standard InChI is InChI=1S/C20H13F5N2O2/c21-19(22)29-16-4-2-1-3-11(16)9-12-7-8-27-17(12)26-15-10-13(20(23,24)25)5-6-14(15)18(27)28/h1-6,9-10,19H,7-8H2/b12-9+. The fourth-order valence-electron chi connectivity index (χ4n) is 3.32. The minimum atomic E-state index is -4.56. The van der Waals surface area contributed by atoms with Crippen LogP contribution in [-0.2, 0) is 12.7 Å². The molecular formula is C20H13F5N2O2. The Morgan fingerprint density at radius 1 is 1.14 bits per heavy atom. The van der Waals surface area contributed by atoms with Gasteiger partial charge in [-0.3, -0.25) is 9.36 Å². The van der Waals surface area contributed by atoms with Crippen molar-refractivity contribution in [2.75, 3.05) is 0 Å². The molecule has 0 atom stereocenters. The van der Waals surface area contributed by atoms with Gasteiger partial charge in [0.1, 0.15) is 11.6 Å². The maximum Gasteiger partial charge on any atom is 0.416 e. The van der Waals surface area contributed by atoms with Gasteiger partial charge in [-0.05, 0) is 42.3 Å². The van der Waals surface area contributed by atoms with Crippen LogP contribution in [0, 0.1) is 0 Å². The van der Waals surface area contributed by atoms with Crippen molar-refractivity contribution in [1.82, 2.24) is 9.55 Å². The molecule has 0 bridgehead atoms. The Balaban J connectivity index is 1.85. The van der Waals surface area contributed by atoms with E-state index in [2.05, 4.69) is 9.72 Å². The summed E-state index contributed by atoms with van der Waals surface area (Å²) < 4.78 is 70.1. The van der Waals surface area contributed by atoms with Crippen molar-refractivity contribution in [2.24, 2.45) is 0 Å². The molecule has 0 saturated heterocycles. The van der Waals surface area contributed by atoms with Crippen molar-refractivity contribution in [3.63, 3.8) is 0 Å². The minimum absolute atomic E-state index is 0.0454. The predicted octanol–water partition coefficient (Wildman–Crippen LogP) is 4.96. The number of allylic oxidation sites excluding steroid dienone is 1. The zero-order chi connectivity index (χ0) is 20.8. The number of para-hydroxylation sites is 1. The molecule has 4 nitrogen and oxygen atoms in total. The molecule has 0 aliphatic carbocycles. The third kappa shape index (κ3) is 3.59. The fourth-order valence-corrected chi connectivity index (χ4v) is 3.32. The van der Waals surface area contributed by atoms with E-state index in [4.69, 9.17) is 0 Å². The monoisotopic (exact) mass is 408 g/mol. The van der Waals surface area contributed by atoms with Crippen molar-refractivity contribution < 1.29 is 26.7 Å². The van der Waals surface area contributed by atoms with Gasteiger partial charge in [-0.15, -0.1) is 0 Å². The fraction of sp³-hybridized carbons (Fsp3) is 0.200. The van der Waals surface area contributed by atoms with Crippen LogP contribution in [0.5, 0.6) is 5.75 Å². The number of fused-ring (bicyclic) bond motifs is 2. The van der Waals surface area contributed by atoms with E-state index < -0.39 is 23.9 Å². The van der Waals surface area contributed by atoms with Crippen LogP contribution in [0.4, 0.5) is 22.0 Å². The molecule has 150 valence electrons. The van der Waals surface area contributed by atoms with E-state index in [0.717, 1.165) is 18.2 Å². The van der Waals surface area contributed by atoms with Crippen molar-refractivity contribution >= 4 is 22.6 Å². The molecule has 0 radical (unpaired) electrons. The van der Waals surface area contributed by atoms with Gasteiger partial charge in [-0.25, -0.2) is 4.98 Å². The molecule has 3 aromatic rings. The van der Waals surface area contributed by atoms with E-state index in [9.17, 15) is 26.7 Å². The van der Waals surface area contributed by atoms with Crippen LogP contribution in [0.25, 0.3) is 22.6 Å². The van der Waals surface area contributed by atoms with Crippen molar-refractivity contribution in [3.05, 3.63) is 69.8 Å². The van der Waals surface area contributed by atoms with E-state index in [1.165, 1.54) is 16.7 Å². The summed E-state index contributed by atoms with van der Waals surface area (Å²) in [5.41, 5.74) is -0.511. The highest BCUT2D eigenvalue weighted by atomic mass is 19.4. The smallest absolute Gasteiger partial charge is 0.416 e. The van der Waals surface area contributed by atoms with E-state index in [1.54, 1.807) is 18.2 Å². The van der Waals surface area contributed by atoms with Gasteiger partial charge < -0.3 is 4.74 Å². The Kier molecular flexibility index (Phi) is 4.60. The molecule has 2 aromatic carbocycles. The molecule has 0 spiro atoms. The van der Waals surface area contributed by atoms with E-state index >= 15 is 0 Å². The minimum Gasteiger partial charge on any atom is -0.434 e. The molecule has 0 fully saturated rings.